The molecule has 0 unspecified atom stereocenters. The predicted octanol–water partition coefficient (Wildman–Crippen LogP) is 6.61. The zero-order valence-corrected chi connectivity index (χ0v) is 19.8. The molecule has 0 N–H and O–H groups in total. The average Bonchev–Trinajstić information content (AvgIpc) is 2.86. The van der Waals surface area contributed by atoms with Crippen molar-refractivity contribution in [3.05, 3.63) is 120 Å². The molecule has 4 aromatic rings. The first-order valence-electron chi connectivity index (χ1n) is 10.8. The molecule has 3 aromatic carbocycles. The molecule has 0 spiro atoms. The van der Waals surface area contributed by atoms with Crippen molar-refractivity contribution in [2.45, 2.75) is 18.5 Å². The SMILES string of the molecule is CO[C@@H](c1ccccn1)c1ccccc1P(c1ccc(C(F)(F)F)cc1)c1ccc(C(F)(F)F)cc1. The molecular weight excluding hydrogens is 499 g/mol. The van der Waals surface area contributed by atoms with E-state index in [1.54, 1.807) is 30.5 Å². The fourth-order valence-electron chi connectivity index (χ4n) is 3.88. The molecule has 2 nitrogen and oxygen atoms in total. The van der Waals surface area contributed by atoms with Crippen molar-refractivity contribution in [1.82, 2.24) is 4.98 Å². The van der Waals surface area contributed by atoms with Gasteiger partial charge in [0.2, 0.25) is 0 Å². The minimum atomic E-state index is -4.51. The number of pyridine rings is 1. The molecule has 0 aliphatic heterocycles. The third-order valence-electron chi connectivity index (χ3n) is 5.56. The highest BCUT2D eigenvalue weighted by Crippen LogP contribution is 2.39. The lowest BCUT2D eigenvalue weighted by Gasteiger charge is -2.26. The summed E-state index contributed by atoms with van der Waals surface area (Å²) in [7, 11) is -0.0118. The third-order valence-corrected chi connectivity index (χ3v) is 8.08. The standard InChI is InChI=1S/C27H20F6NOP/c1-35-25(23-7-4-5-17-34-23)22-6-2-3-8-24(22)36(20-13-9-18(10-14-20)26(28,29)30)21-15-11-19(12-16-21)27(31,32)33/h2-17,25H,1H3/t25-/m1/s1. The van der Waals surface area contributed by atoms with Crippen LogP contribution in [0.4, 0.5) is 26.3 Å². The number of hydrogen-bond acceptors (Lipinski definition) is 2. The molecule has 0 saturated carbocycles. The van der Waals surface area contributed by atoms with Crippen LogP contribution >= 0.6 is 7.92 Å². The molecule has 0 amide bonds. The highest BCUT2D eigenvalue weighted by Gasteiger charge is 2.33. The number of ether oxygens (including phenoxy) is 1. The maximum atomic E-state index is 13.2. The summed E-state index contributed by atoms with van der Waals surface area (Å²) in [6.07, 6.45) is -7.98. The topological polar surface area (TPSA) is 22.1 Å². The zero-order valence-electron chi connectivity index (χ0n) is 18.9. The van der Waals surface area contributed by atoms with Crippen molar-refractivity contribution in [3.63, 3.8) is 0 Å². The first-order chi connectivity index (χ1) is 17.1. The Morgan fingerprint density at radius 1 is 0.667 bits per heavy atom. The van der Waals surface area contributed by atoms with E-state index in [2.05, 4.69) is 4.98 Å². The van der Waals surface area contributed by atoms with Crippen LogP contribution in [0.5, 0.6) is 0 Å². The molecule has 0 bridgehead atoms. The molecule has 1 atom stereocenters. The molecule has 4 rings (SSSR count). The Labute approximate surface area is 205 Å². The summed E-state index contributed by atoms with van der Waals surface area (Å²) in [6.45, 7) is 0. The number of halogens is 6. The van der Waals surface area contributed by atoms with Crippen LogP contribution in [0.1, 0.15) is 28.5 Å². The highest BCUT2D eigenvalue weighted by atomic mass is 31.1. The van der Waals surface area contributed by atoms with Gasteiger partial charge in [0.05, 0.1) is 16.8 Å². The molecule has 0 aliphatic carbocycles. The van der Waals surface area contributed by atoms with Crippen molar-refractivity contribution in [1.29, 1.82) is 0 Å². The van der Waals surface area contributed by atoms with Gasteiger partial charge in [-0.25, -0.2) is 0 Å². The van der Waals surface area contributed by atoms with Gasteiger partial charge < -0.3 is 4.74 Å². The van der Waals surface area contributed by atoms with E-state index in [9.17, 15) is 26.3 Å². The van der Waals surface area contributed by atoms with Gasteiger partial charge in [-0.3, -0.25) is 4.98 Å². The lowest BCUT2D eigenvalue weighted by molar-refractivity contribution is -0.138. The Morgan fingerprint density at radius 2 is 1.17 bits per heavy atom. The smallest absolute Gasteiger partial charge is 0.370 e. The minimum Gasteiger partial charge on any atom is -0.370 e. The average molecular weight is 519 g/mol. The Hall–Kier alpha value is -3.22. The fourth-order valence-corrected chi connectivity index (χ4v) is 6.31. The molecule has 36 heavy (non-hydrogen) atoms. The molecular formula is C27H20F6NOP. The van der Waals surface area contributed by atoms with Gasteiger partial charge in [0.1, 0.15) is 6.10 Å². The van der Waals surface area contributed by atoms with Crippen LogP contribution in [-0.4, -0.2) is 12.1 Å². The van der Waals surface area contributed by atoms with Crippen LogP contribution in [-0.2, 0) is 17.1 Å². The fraction of sp³-hybridized carbons (Fsp3) is 0.148. The minimum absolute atomic E-state index is 0.557. The van der Waals surface area contributed by atoms with Crippen molar-refractivity contribution in [2.75, 3.05) is 7.11 Å². The lowest BCUT2D eigenvalue weighted by Crippen LogP contribution is -2.26. The van der Waals surface area contributed by atoms with E-state index >= 15 is 0 Å². The summed E-state index contributed by atoms with van der Waals surface area (Å²) < 4.78 is 85.0. The maximum Gasteiger partial charge on any atom is 0.416 e. The first-order valence-corrected chi connectivity index (χ1v) is 12.1. The second kappa shape index (κ2) is 10.4. The zero-order chi connectivity index (χ0) is 25.9. The van der Waals surface area contributed by atoms with Gasteiger partial charge in [0, 0.05) is 13.3 Å². The normalized spacial score (nSPS) is 13.1. The Morgan fingerprint density at radius 3 is 1.61 bits per heavy atom. The van der Waals surface area contributed by atoms with Crippen molar-refractivity contribution < 1.29 is 31.1 Å². The van der Waals surface area contributed by atoms with Crippen LogP contribution in [0.2, 0.25) is 0 Å². The Balaban J connectivity index is 1.88. The molecule has 9 heteroatoms. The van der Waals surface area contributed by atoms with Crippen LogP contribution < -0.4 is 15.9 Å². The van der Waals surface area contributed by atoms with E-state index in [4.69, 9.17) is 4.74 Å². The molecule has 1 aromatic heterocycles. The second-order valence-corrected chi connectivity index (χ2v) is 10.0. The van der Waals surface area contributed by atoms with Gasteiger partial charge in [-0.2, -0.15) is 26.3 Å². The van der Waals surface area contributed by atoms with Gasteiger partial charge >= 0.3 is 12.4 Å². The number of methoxy groups -OCH3 is 1. The van der Waals surface area contributed by atoms with Gasteiger partial charge in [-0.1, -0.05) is 54.6 Å². The van der Waals surface area contributed by atoms with E-state index in [1.807, 2.05) is 18.2 Å². The van der Waals surface area contributed by atoms with E-state index in [0.29, 0.717) is 16.3 Å². The summed E-state index contributed by atoms with van der Waals surface area (Å²) in [5, 5.41) is 1.85. The van der Waals surface area contributed by atoms with E-state index in [-0.39, 0.29) is 0 Å². The van der Waals surface area contributed by atoms with E-state index in [0.717, 1.165) is 35.1 Å². The summed E-state index contributed by atoms with van der Waals surface area (Å²) in [4.78, 5) is 4.38. The van der Waals surface area contributed by atoms with Crippen molar-refractivity contribution in [3.8, 4) is 0 Å². The largest absolute Gasteiger partial charge is 0.416 e. The van der Waals surface area contributed by atoms with Gasteiger partial charge in [-0.15, -0.1) is 0 Å². The van der Waals surface area contributed by atoms with Crippen LogP contribution in [0.3, 0.4) is 0 Å². The Bertz CT molecular complexity index is 1230. The molecule has 0 fully saturated rings. The van der Waals surface area contributed by atoms with Crippen LogP contribution in [0, 0.1) is 0 Å². The summed E-state index contributed by atoms with van der Waals surface area (Å²) in [5.74, 6) is 0. The van der Waals surface area contributed by atoms with E-state index in [1.165, 1.54) is 31.4 Å². The lowest BCUT2D eigenvalue weighted by atomic mass is 10.1. The number of nitrogens with zero attached hydrogens (tertiary/aromatic N) is 1. The third kappa shape index (κ3) is 5.61. The van der Waals surface area contributed by atoms with Crippen molar-refractivity contribution in [2.24, 2.45) is 0 Å². The predicted molar refractivity (Wildman–Crippen MR) is 128 cm³/mol. The van der Waals surface area contributed by atoms with Gasteiger partial charge in [0.25, 0.3) is 0 Å². The van der Waals surface area contributed by atoms with Gasteiger partial charge in [0.15, 0.2) is 0 Å². The summed E-state index contributed by atoms with van der Waals surface area (Å²) >= 11 is 0. The van der Waals surface area contributed by atoms with E-state index < -0.39 is 37.5 Å². The number of hydrogen-bond donors (Lipinski definition) is 0. The summed E-state index contributed by atoms with van der Waals surface area (Å²) in [6, 6.07) is 22.1. The monoisotopic (exact) mass is 519 g/mol. The van der Waals surface area contributed by atoms with Crippen molar-refractivity contribution >= 4 is 23.8 Å². The molecule has 0 aliphatic rings. The number of alkyl halides is 6. The summed E-state index contributed by atoms with van der Waals surface area (Å²) in [5.41, 5.74) is -0.248. The maximum absolute atomic E-state index is 13.2. The van der Waals surface area contributed by atoms with Gasteiger partial charge in [-0.05, 0) is 65.8 Å². The highest BCUT2D eigenvalue weighted by molar-refractivity contribution is 7.79. The first kappa shape index (κ1) is 25.9. The molecule has 1 heterocycles. The molecule has 0 radical (unpaired) electrons. The number of aromatic nitrogens is 1. The second-order valence-electron chi connectivity index (χ2n) is 7.85. The van der Waals surface area contributed by atoms with Crippen LogP contribution in [0.15, 0.2) is 97.2 Å². The van der Waals surface area contributed by atoms with Crippen LogP contribution in [0.25, 0.3) is 0 Å². The number of benzene rings is 3. The molecule has 0 saturated heterocycles. The number of rotatable bonds is 6. The Kier molecular flexibility index (Phi) is 7.48. The quantitative estimate of drug-likeness (QED) is 0.211. The molecule has 186 valence electrons.